The molecule has 2 heteroatoms. The van der Waals surface area contributed by atoms with Gasteiger partial charge < -0.3 is 0 Å². The fourth-order valence-corrected chi connectivity index (χ4v) is 1.67. The van der Waals surface area contributed by atoms with Crippen LogP contribution in [0.5, 0.6) is 0 Å². The number of hydrogen-bond donors (Lipinski definition) is 0. The van der Waals surface area contributed by atoms with Gasteiger partial charge in [-0.25, -0.2) is 0 Å². The van der Waals surface area contributed by atoms with Crippen LogP contribution in [0, 0.1) is 0 Å². The maximum Gasteiger partial charge on any atom is 0.0913 e. The Hall–Kier alpha value is -1.05. The normalized spacial score (nSPS) is 24.3. The van der Waals surface area contributed by atoms with Gasteiger partial charge in [-0.05, 0) is 18.9 Å². The summed E-state index contributed by atoms with van der Waals surface area (Å²) < 4.78 is 0. The highest BCUT2D eigenvalue weighted by Gasteiger charge is 2.25. The quantitative estimate of drug-likeness (QED) is 0.520. The Kier molecular flexibility index (Phi) is 3.29. The van der Waals surface area contributed by atoms with E-state index in [1.165, 1.54) is 11.3 Å². The van der Waals surface area contributed by atoms with Gasteiger partial charge in [0.15, 0.2) is 0 Å². The van der Waals surface area contributed by atoms with E-state index in [4.69, 9.17) is 0 Å². The van der Waals surface area contributed by atoms with Gasteiger partial charge in [0.25, 0.3) is 0 Å². The zero-order valence-corrected chi connectivity index (χ0v) is 8.91. The van der Waals surface area contributed by atoms with Gasteiger partial charge in [0.05, 0.1) is 11.8 Å². The summed E-state index contributed by atoms with van der Waals surface area (Å²) in [7, 11) is 2.02. The Morgan fingerprint density at radius 1 is 1.46 bits per heavy atom. The van der Waals surface area contributed by atoms with Gasteiger partial charge in [-0.3, -0.25) is 5.01 Å². The van der Waals surface area contributed by atoms with Crippen molar-refractivity contribution in [2.45, 2.75) is 33.2 Å². The molecule has 0 aromatic heterocycles. The molecule has 0 amide bonds. The Labute approximate surface area is 80.6 Å². The Bertz CT molecular complexity index is 261. The number of rotatable bonds is 0. The van der Waals surface area contributed by atoms with Gasteiger partial charge in [-0.2, -0.15) is 5.10 Å². The van der Waals surface area contributed by atoms with E-state index in [9.17, 15) is 0 Å². The summed E-state index contributed by atoms with van der Waals surface area (Å²) in [6.45, 7) is 6.07. The van der Waals surface area contributed by atoms with E-state index in [1.54, 1.807) is 0 Å². The molecule has 0 saturated carbocycles. The fraction of sp³-hybridized carbons (Fsp3) is 0.545. The van der Waals surface area contributed by atoms with Gasteiger partial charge in [0.2, 0.25) is 0 Å². The topological polar surface area (TPSA) is 15.6 Å². The van der Waals surface area contributed by atoms with Crippen LogP contribution in [0.4, 0.5) is 0 Å². The highest BCUT2D eigenvalue weighted by Crippen LogP contribution is 2.24. The molecule has 0 N–H and O–H groups in total. The van der Waals surface area contributed by atoms with Crippen molar-refractivity contribution in [2.75, 3.05) is 7.05 Å². The average Bonchev–Trinajstić information content (AvgIpc) is 2.47. The molecule has 0 aromatic carbocycles. The van der Waals surface area contributed by atoms with E-state index in [1.807, 2.05) is 25.9 Å². The fourth-order valence-electron chi connectivity index (χ4n) is 1.67. The van der Waals surface area contributed by atoms with Crippen molar-refractivity contribution in [2.24, 2.45) is 5.10 Å². The highest BCUT2D eigenvalue weighted by atomic mass is 15.5. The van der Waals surface area contributed by atoms with Crippen molar-refractivity contribution in [3.8, 4) is 0 Å². The molecule has 1 heterocycles. The van der Waals surface area contributed by atoms with Crippen LogP contribution in [0.1, 0.15) is 27.2 Å². The number of allylic oxidation sites excluding steroid dienone is 2. The molecule has 72 valence electrons. The molecule has 13 heavy (non-hydrogen) atoms. The molecular weight excluding hydrogens is 160 g/mol. The molecule has 0 bridgehead atoms. The number of likely N-dealkylation sites (N-methyl/N-ethyl adjacent to an activating group) is 1. The SMILES string of the molecule is CC.CC1=NN(C)C2C=CCC=C12. The van der Waals surface area contributed by atoms with Crippen molar-refractivity contribution >= 4 is 5.71 Å². The van der Waals surface area contributed by atoms with Crippen LogP contribution in [0.25, 0.3) is 0 Å². The Morgan fingerprint density at radius 3 is 2.77 bits per heavy atom. The minimum Gasteiger partial charge on any atom is -0.288 e. The lowest BCUT2D eigenvalue weighted by molar-refractivity contribution is 0.350. The predicted molar refractivity (Wildman–Crippen MR) is 57.8 cm³/mol. The molecule has 0 radical (unpaired) electrons. The summed E-state index contributed by atoms with van der Waals surface area (Å²) in [4.78, 5) is 0. The first kappa shape index (κ1) is 10.0. The first-order valence-corrected chi connectivity index (χ1v) is 4.94. The van der Waals surface area contributed by atoms with Crippen LogP contribution < -0.4 is 0 Å². The molecule has 2 nitrogen and oxygen atoms in total. The third kappa shape index (κ3) is 1.82. The van der Waals surface area contributed by atoms with E-state index in [-0.39, 0.29) is 0 Å². The predicted octanol–water partition coefficient (Wildman–Crippen LogP) is 2.59. The minimum atomic E-state index is 0.420. The van der Waals surface area contributed by atoms with Crippen LogP contribution in [0.3, 0.4) is 0 Å². The number of fused-ring (bicyclic) bond motifs is 1. The largest absolute Gasteiger partial charge is 0.288 e. The zero-order chi connectivity index (χ0) is 9.84. The van der Waals surface area contributed by atoms with Crippen molar-refractivity contribution in [1.29, 1.82) is 0 Å². The van der Waals surface area contributed by atoms with Gasteiger partial charge in [-0.1, -0.05) is 32.1 Å². The molecule has 0 aromatic rings. The summed E-state index contributed by atoms with van der Waals surface area (Å²) in [5.74, 6) is 0. The molecule has 1 aliphatic carbocycles. The number of hydrazone groups is 1. The summed E-state index contributed by atoms with van der Waals surface area (Å²) >= 11 is 0. The average molecular weight is 178 g/mol. The Balaban J connectivity index is 0.000000396. The molecule has 0 saturated heterocycles. The first-order valence-electron chi connectivity index (χ1n) is 4.94. The van der Waals surface area contributed by atoms with Crippen molar-refractivity contribution in [3.63, 3.8) is 0 Å². The summed E-state index contributed by atoms with van der Waals surface area (Å²) in [5.41, 5.74) is 2.55. The van der Waals surface area contributed by atoms with Crippen LogP contribution in [-0.4, -0.2) is 23.8 Å². The molecule has 1 unspecified atom stereocenters. The van der Waals surface area contributed by atoms with E-state index in [2.05, 4.69) is 30.3 Å². The van der Waals surface area contributed by atoms with Crippen molar-refractivity contribution in [1.82, 2.24) is 5.01 Å². The molecule has 2 aliphatic rings. The molecule has 2 rings (SSSR count). The van der Waals surface area contributed by atoms with E-state index < -0.39 is 0 Å². The number of nitrogens with zero attached hydrogens (tertiary/aromatic N) is 2. The summed E-state index contributed by atoms with van der Waals surface area (Å²) in [5, 5.41) is 6.37. The third-order valence-corrected chi connectivity index (χ3v) is 2.24. The highest BCUT2D eigenvalue weighted by molar-refractivity contribution is 6.01. The minimum absolute atomic E-state index is 0.420. The smallest absolute Gasteiger partial charge is 0.0913 e. The molecule has 1 aliphatic heterocycles. The van der Waals surface area contributed by atoms with Crippen LogP contribution in [0.15, 0.2) is 28.9 Å². The van der Waals surface area contributed by atoms with Gasteiger partial charge >= 0.3 is 0 Å². The van der Waals surface area contributed by atoms with E-state index in [0.29, 0.717) is 6.04 Å². The standard InChI is InChI=1S/C9H12N2.C2H6/c1-7-8-5-3-4-6-9(8)11(2)10-7;1-2/h4-6,9H,3H2,1-2H3;1-2H3. The van der Waals surface area contributed by atoms with Crippen molar-refractivity contribution in [3.05, 3.63) is 23.8 Å². The molecule has 0 fully saturated rings. The molecule has 1 atom stereocenters. The molecule has 0 spiro atoms. The zero-order valence-electron chi connectivity index (χ0n) is 8.91. The second-order valence-electron chi connectivity index (χ2n) is 3.03. The van der Waals surface area contributed by atoms with Gasteiger partial charge in [0, 0.05) is 7.05 Å². The second-order valence-corrected chi connectivity index (χ2v) is 3.03. The third-order valence-electron chi connectivity index (χ3n) is 2.24. The van der Waals surface area contributed by atoms with Gasteiger partial charge in [-0.15, -0.1) is 0 Å². The lowest BCUT2D eigenvalue weighted by Crippen LogP contribution is -2.23. The number of hydrogen-bond acceptors (Lipinski definition) is 2. The lowest BCUT2D eigenvalue weighted by atomic mass is 9.98. The van der Waals surface area contributed by atoms with Gasteiger partial charge in [0.1, 0.15) is 0 Å². The summed E-state index contributed by atoms with van der Waals surface area (Å²) in [6, 6.07) is 0.420. The first-order chi connectivity index (χ1) is 6.29. The summed E-state index contributed by atoms with van der Waals surface area (Å²) in [6.07, 6.45) is 7.73. The monoisotopic (exact) mass is 178 g/mol. The van der Waals surface area contributed by atoms with Crippen LogP contribution in [-0.2, 0) is 0 Å². The Morgan fingerprint density at radius 2 is 2.15 bits per heavy atom. The maximum atomic E-state index is 4.36. The second kappa shape index (κ2) is 4.26. The van der Waals surface area contributed by atoms with Crippen molar-refractivity contribution < 1.29 is 0 Å². The molecular formula is C11H18N2. The maximum absolute atomic E-state index is 4.36. The van der Waals surface area contributed by atoms with E-state index in [0.717, 1.165) is 6.42 Å². The lowest BCUT2D eigenvalue weighted by Gasteiger charge is -2.18. The van der Waals surface area contributed by atoms with Crippen LogP contribution in [0.2, 0.25) is 0 Å². The van der Waals surface area contributed by atoms with Crippen LogP contribution >= 0.6 is 0 Å². The van der Waals surface area contributed by atoms with E-state index >= 15 is 0 Å².